The number of anilines is 2. The highest BCUT2D eigenvalue weighted by molar-refractivity contribution is 6.16. The smallest absolute Gasteiger partial charge is 0.332 e. The summed E-state index contributed by atoms with van der Waals surface area (Å²) in [6.45, 7) is 2.94. The molecule has 1 aromatic carbocycles. The van der Waals surface area contributed by atoms with E-state index >= 15 is 0 Å². The molecule has 0 atom stereocenters. The average molecular weight is 395 g/mol. The number of Topliss-reactive ketones (excluding diaryl/α,β-unsaturated/α-hetero) is 1. The van der Waals surface area contributed by atoms with Crippen molar-refractivity contribution in [3.63, 3.8) is 0 Å². The molecular weight excluding hydrogens is 374 g/mol. The molecule has 1 aliphatic heterocycles. The van der Waals surface area contributed by atoms with E-state index in [0.717, 1.165) is 27.9 Å². The van der Waals surface area contributed by atoms with E-state index < -0.39 is 22.6 Å². The Morgan fingerprint density at radius 1 is 1.14 bits per heavy atom. The van der Waals surface area contributed by atoms with Crippen LogP contribution < -0.4 is 21.9 Å². The van der Waals surface area contributed by atoms with Crippen LogP contribution in [-0.2, 0) is 18.8 Å². The minimum atomic E-state index is -0.834. The molecule has 0 aliphatic carbocycles. The number of nitrogens with zero attached hydrogens (tertiary/aromatic N) is 4. The van der Waals surface area contributed by atoms with Gasteiger partial charge in [-0.05, 0) is 23.8 Å². The number of morpholine rings is 1. The van der Waals surface area contributed by atoms with E-state index in [1.54, 1.807) is 12.1 Å². The molecule has 0 unspecified atom stereocenters. The van der Waals surface area contributed by atoms with Crippen molar-refractivity contribution in [1.82, 2.24) is 9.13 Å². The molecule has 0 radical (unpaired) electrons. The van der Waals surface area contributed by atoms with Gasteiger partial charge in [0, 0.05) is 32.9 Å². The fourth-order valence-electron chi connectivity index (χ4n) is 3.13. The molecular formula is C20H21N5O4. The third-order valence-electron chi connectivity index (χ3n) is 4.88. The second-order valence-corrected chi connectivity index (χ2v) is 6.66. The van der Waals surface area contributed by atoms with Crippen molar-refractivity contribution >= 4 is 23.4 Å². The van der Waals surface area contributed by atoms with Crippen LogP contribution in [0.2, 0.25) is 0 Å². The molecule has 0 spiro atoms. The highest BCUT2D eigenvalue weighted by Gasteiger charge is 2.23. The number of carbonyl (C=O) groups is 1. The number of hydrogen-bond acceptors (Lipinski definition) is 7. The van der Waals surface area contributed by atoms with E-state index in [-0.39, 0.29) is 11.4 Å². The maximum atomic E-state index is 12.8. The number of nitriles is 1. The number of ether oxygens (including phenoxy) is 1. The Morgan fingerprint density at radius 3 is 2.34 bits per heavy atom. The van der Waals surface area contributed by atoms with Crippen molar-refractivity contribution in [2.24, 2.45) is 14.1 Å². The molecule has 1 fully saturated rings. The Bertz CT molecular complexity index is 1130. The van der Waals surface area contributed by atoms with Crippen LogP contribution in [0.25, 0.3) is 6.08 Å². The van der Waals surface area contributed by atoms with Crippen LogP contribution in [0.1, 0.15) is 15.9 Å². The minimum Gasteiger partial charge on any atom is -0.384 e. The summed E-state index contributed by atoms with van der Waals surface area (Å²) in [5, 5.41) is 9.47. The summed E-state index contributed by atoms with van der Waals surface area (Å²) in [7, 11) is 2.61. The number of rotatable bonds is 4. The molecule has 1 saturated heterocycles. The van der Waals surface area contributed by atoms with Crippen LogP contribution in [0.5, 0.6) is 0 Å². The Labute approximate surface area is 166 Å². The summed E-state index contributed by atoms with van der Waals surface area (Å²) in [5.74, 6) is -1.09. The van der Waals surface area contributed by atoms with Crippen LogP contribution >= 0.6 is 0 Å². The van der Waals surface area contributed by atoms with Crippen LogP contribution in [0, 0.1) is 11.3 Å². The summed E-state index contributed by atoms with van der Waals surface area (Å²) in [5.41, 5.74) is 5.35. The lowest BCUT2D eigenvalue weighted by Crippen LogP contribution is -2.41. The number of nitrogens with two attached hydrogens (primary N) is 1. The predicted molar refractivity (Wildman–Crippen MR) is 109 cm³/mol. The Hall–Kier alpha value is -3.64. The Morgan fingerprint density at radius 2 is 1.76 bits per heavy atom. The van der Waals surface area contributed by atoms with E-state index in [2.05, 4.69) is 4.90 Å². The quantitative estimate of drug-likeness (QED) is 0.448. The SMILES string of the molecule is Cn1c(N)c(C(=O)/C(C#N)=C/c2ccc(N3CCOCC3)cc2)c(=O)n(C)c1=O. The van der Waals surface area contributed by atoms with E-state index in [4.69, 9.17) is 10.5 Å². The first kappa shape index (κ1) is 20.1. The number of benzene rings is 1. The highest BCUT2D eigenvalue weighted by Crippen LogP contribution is 2.19. The molecule has 9 nitrogen and oxygen atoms in total. The average Bonchev–Trinajstić information content (AvgIpc) is 2.75. The molecule has 150 valence electrons. The first-order valence-corrected chi connectivity index (χ1v) is 9.00. The minimum absolute atomic E-state index is 0.244. The topological polar surface area (TPSA) is 123 Å². The van der Waals surface area contributed by atoms with E-state index in [1.165, 1.54) is 20.2 Å². The number of aromatic nitrogens is 2. The van der Waals surface area contributed by atoms with E-state index in [9.17, 15) is 19.6 Å². The number of allylic oxidation sites excluding steroid dienone is 1. The van der Waals surface area contributed by atoms with Crippen molar-refractivity contribution in [2.45, 2.75) is 0 Å². The first-order chi connectivity index (χ1) is 13.8. The van der Waals surface area contributed by atoms with Crippen molar-refractivity contribution in [1.29, 1.82) is 5.26 Å². The number of hydrogen-bond donors (Lipinski definition) is 1. The standard InChI is InChI=1S/C20H21N5O4/c1-23-18(22)16(19(27)24(2)20(23)28)17(26)14(12-21)11-13-3-5-15(6-4-13)25-7-9-29-10-8-25/h3-6,11H,7-10,22H2,1-2H3/b14-11+. The lowest BCUT2D eigenvalue weighted by molar-refractivity contribution is 0.103. The third-order valence-corrected chi connectivity index (χ3v) is 4.88. The van der Waals surface area contributed by atoms with Gasteiger partial charge in [0.15, 0.2) is 0 Å². The van der Waals surface area contributed by atoms with Gasteiger partial charge in [-0.15, -0.1) is 0 Å². The molecule has 29 heavy (non-hydrogen) atoms. The van der Waals surface area contributed by atoms with Gasteiger partial charge in [0.1, 0.15) is 23.0 Å². The van der Waals surface area contributed by atoms with Gasteiger partial charge in [0.2, 0.25) is 5.78 Å². The van der Waals surface area contributed by atoms with Crippen LogP contribution in [0.15, 0.2) is 39.4 Å². The molecule has 2 heterocycles. The lowest BCUT2D eigenvalue weighted by atomic mass is 10.0. The largest absolute Gasteiger partial charge is 0.384 e. The van der Waals surface area contributed by atoms with Gasteiger partial charge in [-0.25, -0.2) is 4.79 Å². The monoisotopic (exact) mass is 395 g/mol. The molecule has 3 rings (SSSR count). The van der Waals surface area contributed by atoms with Crippen molar-refractivity contribution in [3.05, 3.63) is 61.8 Å². The van der Waals surface area contributed by atoms with E-state index in [0.29, 0.717) is 18.8 Å². The molecule has 0 saturated carbocycles. The zero-order valence-electron chi connectivity index (χ0n) is 16.2. The molecule has 1 aromatic heterocycles. The molecule has 9 heteroatoms. The number of carbonyl (C=O) groups excluding carboxylic acids is 1. The van der Waals surface area contributed by atoms with E-state index in [1.807, 2.05) is 18.2 Å². The van der Waals surface area contributed by atoms with Crippen LogP contribution in [0.3, 0.4) is 0 Å². The fraction of sp³-hybridized carbons (Fsp3) is 0.300. The second kappa shape index (κ2) is 8.16. The van der Waals surface area contributed by atoms with Crippen molar-refractivity contribution in [2.75, 3.05) is 36.9 Å². The zero-order valence-corrected chi connectivity index (χ0v) is 16.2. The van der Waals surface area contributed by atoms with Gasteiger partial charge >= 0.3 is 5.69 Å². The number of ketones is 1. The molecule has 1 aliphatic rings. The van der Waals surface area contributed by atoms with Crippen molar-refractivity contribution < 1.29 is 9.53 Å². The van der Waals surface area contributed by atoms with Gasteiger partial charge in [0.05, 0.1) is 13.2 Å². The maximum absolute atomic E-state index is 12.8. The zero-order chi connectivity index (χ0) is 21.1. The second-order valence-electron chi connectivity index (χ2n) is 6.66. The third kappa shape index (κ3) is 3.83. The van der Waals surface area contributed by atoms with Gasteiger partial charge in [-0.3, -0.25) is 18.7 Å². The normalized spacial score (nSPS) is 14.5. The van der Waals surface area contributed by atoms with Gasteiger partial charge in [-0.1, -0.05) is 12.1 Å². The van der Waals surface area contributed by atoms with Crippen molar-refractivity contribution in [3.8, 4) is 6.07 Å². The summed E-state index contributed by atoms with van der Waals surface area (Å²) in [6, 6.07) is 9.21. The Balaban J connectivity index is 1.95. The lowest BCUT2D eigenvalue weighted by Gasteiger charge is -2.28. The Kier molecular flexibility index (Phi) is 5.66. The predicted octanol–water partition coefficient (Wildman–Crippen LogP) is 0.293. The molecule has 0 amide bonds. The molecule has 0 bridgehead atoms. The summed E-state index contributed by atoms with van der Waals surface area (Å²) < 4.78 is 7.13. The first-order valence-electron chi connectivity index (χ1n) is 9.00. The number of nitrogen functional groups attached to an aromatic ring is 1. The fourth-order valence-corrected chi connectivity index (χ4v) is 3.13. The van der Waals surface area contributed by atoms with Gasteiger partial charge in [-0.2, -0.15) is 5.26 Å². The summed E-state index contributed by atoms with van der Waals surface area (Å²) >= 11 is 0. The maximum Gasteiger partial charge on any atom is 0.332 e. The van der Waals surface area contributed by atoms with Gasteiger partial charge < -0.3 is 15.4 Å². The summed E-state index contributed by atoms with van der Waals surface area (Å²) in [6.07, 6.45) is 1.40. The van der Waals surface area contributed by atoms with Crippen LogP contribution in [-0.4, -0.2) is 41.2 Å². The molecule has 2 N–H and O–H groups in total. The van der Waals surface area contributed by atoms with Gasteiger partial charge in [0.25, 0.3) is 5.56 Å². The highest BCUT2D eigenvalue weighted by atomic mass is 16.5. The summed E-state index contributed by atoms with van der Waals surface area (Å²) in [4.78, 5) is 39.3. The van der Waals surface area contributed by atoms with Crippen LogP contribution in [0.4, 0.5) is 11.5 Å². The molecule has 2 aromatic rings.